The molecule has 0 spiro atoms. The number of nitrogens with zero attached hydrogens (tertiary/aromatic N) is 2. The third kappa shape index (κ3) is 2.54. The van der Waals surface area contributed by atoms with Crippen molar-refractivity contribution in [1.82, 2.24) is 4.57 Å². The van der Waals surface area contributed by atoms with E-state index in [-0.39, 0.29) is 17.0 Å². The minimum absolute atomic E-state index is 0.0129. The van der Waals surface area contributed by atoms with E-state index in [1.54, 1.807) is 23.8 Å². The van der Waals surface area contributed by atoms with Crippen molar-refractivity contribution in [2.45, 2.75) is 26.3 Å². The van der Waals surface area contributed by atoms with Crippen LogP contribution in [0.3, 0.4) is 0 Å². The van der Waals surface area contributed by atoms with E-state index in [9.17, 15) is 10.1 Å². The first-order valence-electron chi connectivity index (χ1n) is 7.98. The molecule has 2 aromatic rings. The van der Waals surface area contributed by atoms with Gasteiger partial charge in [-0.05, 0) is 19.9 Å². The van der Waals surface area contributed by atoms with Gasteiger partial charge < -0.3 is 19.8 Å². The molecule has 0 radical (unpaired) electrons. The van der Waals surface area contributed by atoms with Crippen LogP contribution >= 0.6 is 0 Å². The normalized spacial score (nSPS) is 16.0. The summed E-state index contributed by atoms with van der Waals surface area (Å²) in [6.07, 6.45) is 0. The summed E-state index contributed by atoms with van der Waals surface area (Å²) in [5, 5.41) is 9.64. The van der Waals surface area contributed by atoms with E-state index in [0.29, 0.717) is 29.2 Å². The first kappa shape index (κ1) is 16.7. The monoisotopic (exact) mass is 337 g/mol. The summed E-state index contributed by atoms with van der Waals surface area (Å²) in [6, 6.07) is 11.2. The summed E-state index contributed by atoms with van der Waals surface area (Å²) in [6.45, 7) is 4.27. The number of nitrogens with two attached hydrogens (primary N) is 1. The lowest BCUT2D eigenvalue weighted by atomic mass is 9.83. The number of fused-ring (bicyclic) bond motifs is 1. The van der Waals surface area contributed by atoms with Crippen LogP contribution in [0.4, 0.5) is 0 Å². The van der Waals surface area contributed by atoms with Crippen molar-refractivity contribution in [3.05, 3.63) is 69.0 Å². The summed E-state index contributed by atoms with van der Waals surface area (Å²) in [7, 11) is 1.55. The van der Waals surface area contributed by atoms with Crippen molar-refractivity contribution in [2.75, 3.05) is 7.11 Å². The highest BCUT2D eigenvalue weighted by atomic mass is 16.5. The van der Waals surface area contributed by atoms with Crippen LogP contribution in [-0.2, 0) is 6.54 Å². The molecular weight excluding hydrogens is 318 g/mol. The number of nitriles is 1. The number of aryl methyl sites for hydroxylation is 1. The predicted molar refractivity (Wildman–Crippen MR) is 93.4 cm³/mol. The maximum Gasteiger partial charge on any atom is 0.258 e. The van der Waals surface area contributed by atoms with Gasteiger partial charge >= 0.3 is 0 Å². The Bertz CT molecular complexity index is 967. The molecule has 1 aromatic heterocycles. The molecule has 0 saturated heterocycles. The van der Waals surface area contributed by atoms with Crippen molar-refractivity contribution in [3.63, 3.8) is 0 Å². The van der Waals surface area contributed by atoms with Gasteiger partial charge in [0.15, 0.2) is 0 Å². The number of rotatable bonds is 3. The molecule has 25 heavy (non-hydrogen) atoms. The van der Waals surface area contributed by atoms with Gasteiger partial charge in [-0.1, -0.05) is 18.2 Å². The number of allylic oxidation sites excluding steroid dienone is 1. The number of para-hydroxylation sites is 1. The Morgan fingerprint density at radius 3 is 2.76 bits per heavy atom. The maximum absolute atomic E-state index is 13.1. The Morgan fingerprint density at radius 1 is 1.40 bits per heavy atom. The molecule has 0 unspecified atom stereocenters. The number of hydrogen-bond donors (Lipinski definition) is 1. The van der Waals surface area contributed by atoms with Crippen molar-refractivity contribution >= 4 is 0 Å². The van der Waals surface area contributed by atoms with E-state index in [0.717, 1.165) is 5.69 Å². The summed E-state index contributed by atoms with van der Waals surface area (Å²) in [4.78, 5) is 13.1. The van der Waals surface area contributed by atoms with Gasteiger partial charge in [-0.25, -0.2) is 0 Å². The minimum atomic E-state index is -0.629. The zero-order chi connectivity index (χ0) is 18.1. The van der Waals surface area contributed by atoms with Crippen LogP contribution in [0.15, 0.2) is 46.6 Å². The van der Waals surface area contributed by atoms with Crippen molar-refractivity contribution in [1.29, 1.82) is 5.26 Å². The Morgan fingerprint density at radius 2 is 2.12 bits per heavy atom. The number of hydrogen-bond acceptors (Lipinski definition) is 5. The lowest BCUT2D eigenvalue weighted by molar-refractivity contribution is 0.382. The smallest absolute Gasteiger partial charge is 0.258 e. The zero-order valence-corrected chi connectivity index (χ0v) is 14.4. The van der Waals surface area contributed by atoms with Gasteiger partial charge in [-0.3, -0.25) is 4.79 Å². The number of methoxy groups -OCH3 is 1. The highest BCUT2D eigenvalue weighted by Gasteiger charge is 2.35. The SMILES string of the molecule is CCn1c(C)cc2c(c1=O)[C@H](c1ccccc1OC)C(C#N)=C(N)O2. The van der Waals surface area contributed by atoms with Gasteiger partial charge in [-0.2, -0.15) is 5.26 Å². The minimum Gasteiger partial charge on any atom is -0.496 e. The molecule has 128 valence electrons. The summed E-state index contributed by atoms with van der Waals surface area (Å²) in [5.74, 6) is 0.360. The average molecular weight is 337 g/mol. The van der Waals surface area contributed by atoms with Crippen LogP contribution in [0, 0.1) is 18.3 Å². The van der Waals surface area contributed by atoms with Crippen molar-refractivity contribution in [2.24, 2.45) is 5.73 Å². The molecule has 0 saturated carbocycles. The highest BCUT2D eigenvalue weighted by Crippen LogP contribution is 2.43. The summed E-state index contributed by atoms with van der Waals surface area (Å²) >= 11 is 0. The van der Waals surface area contributed by atoms with Crippen LogP contribution < -0.4 is 20.8 Å². The molecular formula is C19H19N3O3. The average Bonchev–Trinajstić information content (AvgIpc) is 2.60. The maximum atomic E-state index is 13.1. The fourth-order valence-electron chi connectivity index (χ4n) is 3.30. The second-order valence-electron chi connectivity index (χ2n) is 5.78. The topological polar surface area (TPSA) is 90.3 Å². The van der Waals surface area contributed by atoms with Gasteiger partial charge in [0.1, 0.15) is 23.1 Å². The number of aromatic nitrogens is 1. The van der Waals surface area contributed by atoms with Crippen LogP contribution in [0.25, 0.3) is 0 Å². The van der Waals surface area contributed by atoms with Gasteiger partial charge in [0.05, 0.1) is 18.6 Å². The largest absolute Gasteiger partial charge is 0.496 e. The second-order valence-corrected chi connectivity index (χ2v) is 5.78. The molecule has 1 aliphatic rings. The highest BCUT2D eigenvalue weighted by molar-refractivity contribution is 5.58. The van der Waals surface area contributed by atoms with Crippen molar-refractivity contribution < 1.29 is 9.47 Å². The standard InChI is InChI=1S/C19H19N3O3/c1-4-22-11(2)9-15-17(19(22)23)16(13(10-20)18(21)25-15)12-7-5-6-8-14(12)24-3/h5-9,16H,4,21H2,1-3H3/t16-/m1/s1. The molecule has 0 aliphatic carbocycles. The molecule has 1 aromatic carbocycles. The Balaban J connectivity index is 2.38. The Labute approximate surface area is 145 Å². The third-order valence-corrected chi connectivity index (χ3v) is 4.46. The molecule has 0 bridgehead atoms. The Hall–Kier alpha value is -3.20. The van der Waals surface area contributed by atoms with Crippen LogP contribution in [0.1, 0.15) is 29.7 Å². The molecule has 1 aliphatic heterocycles. The number of pyridine rings is 1. The molecule has 0 amide bonds. The molecule has 6 nitrogen and oxygen atoms in total. The van der Waals surface area contributed by atoms with Gasteiger partial charge in [0, 0.05) is 23.9 Å². The molecule has 2 N–H and O–H groups in total. The van der Waals surface area contributed by atoms with E-state index in [4.69, 9.17) is 15.2 Å². The van der Waals surface area contributed by atoms with E-state index in [1.807, 2.05) is 32.0 Å². The van der Waals surface area contributed by atoms with Gasteiger partial charge in [0.2, 0.25) is 5.88 Å². The van der Waals surface area contributed by atoms with E-state index >= 15 is 0 Å². The lowest BCUT2D eigenvalue weighted by Gasteiger charge is -2.28. The lowest BCUT2D eigenvalue weighted by Crippen LogP contribution is -2.32. The molecule has 3 rings (SSSR count). The molecule has 6 heteroatoms. The molecule has 1 atom stereocenters. The van der Waals surface area contributed by atoms with E-state index < -0.39 is 5.92 Å². The fourth-order valence-corrected chi connectivity index (χ4v) is 3.30. The predicted octanol–water partition coefficient (Wildman–Crippen LogP) is 2.40. The summed E-state index contributed by atoms with van der Waals surface area (Å²) in [5.41, 5.74) is 7.89. The quantitative estimate of drug-likeness (QED) is 0.929. The second kappa shape index (κ2) is 6.36. The number of ether oxygens (including phenoxy) is 2. The van der Waals surface area contributed by atoms with Gasteiger partial charge in [-0.15, -0.1) is 0 Å². The number of benzene rings is 1. The van der Waals surface area contributed by atoms with Crippen LogP contribution in [0.5, 0.6) is 11.5 Å². The van der Waals surface area contributed by atoms with Crippen LogP contribution in [-0.4, -0.2) is 11.7 Å². The molecule has 0 fully saturated rings. The fraction of sp³-hybridized carbons (Fsp3) is 0.263. The van der Waals surface area contributed by atoms with Crippen LogP contribution in [0.2, 0.25) is 0 Å². The zero-order valence-electron chi connectivity index (χ0n) is 14.4. The third-order valence-electron chi connectivity index (χ3n) is 4.46. The molecule has 2 heterocycles. The van der Waals surface area contributed by atoms with Gasteiger partial charge in [0.25, 0.3) is 5.56 Å². The first-order chi connectivity index (χ1) is 12.0. The van der Waals surface area contributed by atoms with E-state index in [2.05, 4.69) is 6.07 Å². The first-order valence-corrected chi connectivity index (χ1v) is 7.98. The summed E-state index contributed by atoms with van der Waals surface area (Å²) < 4.78 is 12.7. The van der Waals surface area contributed by atoms with Crippen molar-refractivity contribution in [3.8, 4) is 17.6 Å². The van der Waals surface area contributed by atoms with E-state index in [1.165, 1.54) is 0 Å². The Kier molecular flexibility index (Phi) is 4.24.